The van der Waals surface area contributed by atoms with Gasteiger partial charge in [-0.15, -0.1) is 0 Å². The maximum absolute atomic E-state index is 6.10. The Hall–Kier alpha value is -0.540. The summed E-state index contributed by atoms with van der Waals surface area (Å²) in [5, 5.41) is 0.597. The van der Waals surface area contributed by atoms with Gasteiger partial charge in [-0.1, -0.05) is 0 Å². The number of aryl methyl sites for hydroxylation is 1. The lowest BCUT2D eigenvalue weighted by molar-refractivity contribution is 0.353. The van der Waals surface area contributed by atoms with E-state index in [2.05, 4.69) is 9.55 Å². The molecule has 0 aromatic carbocycles. The molecule has 3 nitrogen and oxygen atoms in total. The molecule has 1 aromatic rings. The maximum Gasteiger partial charge on any atom is 0.203 e. The van der Waals surface area contributed by atoms with Gasteiger partial charge in [-0.3, -0.25) is 0 Å². The number of imidazole rings is 1. The third-order valence-electron chi connectivity index (χ3n) is 3.02. The van der Waals surface area contributed by atoms with Crippen LogP contribution in [0.3, 0.4) is 0 Å². The normalized spacial score (nSPS) is 23.3. The molecule has 1 aromatic heterocycles. The van der Waals surface area contributed by atoms with Crippen molar-refractivity contribution in [3.05, 3.63) is 16.7 Å². The van der Waals surface area contributed by atoms with Crippen LogP contribution in [0.4, 0.5) is 0 Å². The minimum Gasteiger partial charge on any atom is -0.326 e. The highest BCUT2D eigenvalue weighted by Gasteiger charge is 2.26. The minimum absolute atomic E-state index is 0.139. The molecule has 2 atom stereocenters. The maximum atomic E-state index is 6.10. The molecular formula is C10H16ClN3. The molecule has 1 aliphatic heterocycles. The van der Waals surface area contributed by atoms with Gasteiger partial charge in [0.25, 0.3) is 0 Å². The van der Waals surface area contributed by atoms with E-state index >= 15 is 0 Å². The smallest absolute Gasteiger partial charge is 0.203 e. The fourth-order valence-electron chi connectivity index (χ4n) is 2.29. The molecule has 0 saturated carbocycles. The molecule has 2 heterocycles. The average molecular weight is 214 g/mol. The van der Waals surface area contributed by atoms with Crippen LogP contribution in [0.5, 0.6) is 0 Å². The first-order valence-electron chi connectivity index (χ1n) is 5.10. The monoisotopic (exact) mass is 213 g/mol. The van der Waals surface area contributed by atoms with Crippen molar-refractivity contribution in [1.82, 2.24) is 9.55 Å². The third-order valence-corrected chi connectivity index (χ3v) is 3.29. The molecule has 0 saturated heterocycles. The summed E-state index contributed by atoms with van der Waals surface area (Å²) in [6.45, 7) is 4.05. The Morgan fingerprint density at radius 2 is 2.36 bits per heavy atom. The van der Waals surface area contributed by atoms with Crippen molar-refractivity contribution in [2.75, 3.05) is 0 Å². The Morgan fingerprint density at radius 3 is 3.00 bits per heavy atom. The first-order valence-corrected chi connectivity index (χ1v) is 5.48. The quantitative estimate of drug-likeness (QED) is 0.776. The number of nitrogens with zero attached hydrogens (tertiary/aromatic N) is 2. The van der Waals surface area contributed by atoms with Gasteiger partial charge in [0.15, 0.2) is 0 Å². The van der Waals surface area contributed by atoms with E-state index in [9.17, 15) is 0 Å². The molecule has 2 N–H and O–H groups in total. The predicted molar refractivity (Wildman–Crippen MR) is 57.6 cm³/mol. The van der Waals surface area contributed by atoms with Gasteiger partial charge in [-0.05, 0) is 44.7 Å². The van der Waals surface area contributed by atoms with Crippen LogP contribution in [0.15, 0.2) is 0 Å². The van der Waals surface area contributed by atoms with Gasteiger partial charge in [0, 0.05) is 11.7 Å². The van der Waals surface area contributed by atoms with E-state index in [-0.39, 0.29) is 6.04 Å². The summed E-state index contributed by atoms with van der Waals surface area (Å²) in [5.41, 5.74) is 8.28. The van der Waals surface area contributed by atoms with Crippen LogP contribution in [0.1, 0.15) is 37.2 Å². The van der Waals surface area contributed by atoms with E-state index in [1.165, 1.54) is 12.1 Å². The van der Waals surface area contributed by atoms with Gasteiger partial charge >= 0.3 is 0 Å². The first kappa shape index (κ1) is 9.99. The van der Waals surface area contributed by atoms with Crippen molar-refractivity contribution in [1.29, 1.82) is 0 Å². The summed E-state index contributed by atoms with van der Waals surface area (Å²) in [6.07, 6.45) is 3.38. The SMILES string of the molecule is Cc1nc(Cl)n2c1CCCC2C(C)N. The van der Waals surface area contributed by atoms with E-state index in [1.54, 1.807) is 0 Å². The van der Waals surface area contributed by atoms with Crippen LogP contribution in [0.2, 0.25) is 5.28 Å². The lowest BCUT2D eigenvalue weighted by Crippen LogP contribution is -2.32. The van der Waals surface area contributed by atoms with Crippen molar-refractivity contribution >= 4 is 11.6 Å². The summed E-state index contributed by atoms with van der Waals surface area (Å²) < 4.78 is 2.12. The Bertz CT molecular complexity index is 343. The summed E-state index contributed by atoms with van der Waals surface area (Å²) >= 11 is 6.10. The second kappa shape index (κ2) is 3.55. The van der Waals surface area contributed by atoms with Crippen molar-refractivity contribution in [2.45, 2.75) is 45.2 Å². The molecule has 0 spiro atoms. The van der Waals surface area contributed by atoms with Crippen LogP contribution >= 0.6 is 11.6 Å². The molecular weight excluding hydrogens is 198 g/mol. The number of hydrogen-bond donors (Lipinski definition) is 1. The van der Waals surface area contributed by atoms with Crippen molar-refractivity contribution in [2.24, 2.45) is 5.73 Å². The topological polar surface area (TPSA) is 43.8 Å². The van der Waals surface area contributed by atoms with Gasteiger partial charge in [-0.25, -0.2) is 4.98 Å². The second-order valence-electron chi connectivity index (χ2n) is 4.10. The number of rotatable bonds is 1. The molecule has 2 unspecified atom stereocenters. The summed E-state index contributed by atoms with van der Waals surface area (Å²) in [5.74, 6) is 0. The average Bonchev–Trinajstić information content (AvgIpc) is 2.43. The number of nitrogens with two attached hydrogens (primary N) is 1. The van der Waals surface area contributed by atoms with Gasteiger partial charge in [0.1, 0.15) is 0 Å². The van der Waals surface area contributed by atoms with E-state index in [1.807, 2.05) is 13.8 Å². The van der Waals surface area contributed by atoms with E-state index in [0.29, 0.717) is 11.3 Å². The third kappa shape index (κ3) is 1.44. The van der Waals surface area contributed by atoms with Gasteiger partial charge < -0.3 is 10.3 Å². The molecule has 78 valence electrons. The standard InChI is InChI=1S/C10H16ClN3/c1-6(12)8-4-3-5-9-7(2)13-10(11)14(8)9/h6,8H,3-5,12H2,1-2H3. The van der Waals surface area contributed by atoms with Crippen molar-refractivity contribution in [3.8, 4) is 0 Å². The van der Waals surface area contributed by atoms with E-state index in [4.69, 9.17) is 17.3 Å². The highest BCUT2D eigenvalue weighted by Crippen LogP contribution is 2.32. The Balaban J connectivity index is 2.48. The molecule has 0 aliphatic carbocycles. The predicted octanol–water partition coefficient (Wildman–Crippen LogP) is 2.07. The Kier molecular flexibility index (Phi) is 2.54. The van der Waals surface area contributed by atoms with Crippen LogP contribution in [0, 0.1) is 6.92 Å². The highest BCUT2D eigenvalue weighted by molar-refractivity contribution is 6.28. The Morgan fingerprint density at radius 1 is 1.64 bits per heavy atom. The van der Waals surface area contributed by atoms with Gasteiger partial charge in [-0.2, -0.15) is 0 Å². The molecule has 0 fully saturated rings. The fraction of sp³-hybridized carbons (Fsp3) is 0.700. The lowest BCUT2D eigenvalue weighted by Gasteiger charge is -2.29. The molecule has 0 bridgehead atoms. The summed E-state index contributed by atoms with van der Waals surface area (Å²) in [7, 11) is 0. The van der Waals surface area contributed by atoms with Crippen LogP contribution in [-0.4, -0.2) is 15.6 Å². The lowest BCUT2D eigenvalue weighted by atomic mass is 9.97. The minimum atomic E-state index is 0.139. The number of halogens is 1. The van der Waals surface area contributed by atoms with E-state index < -0.39 is 0 Å². The zero-order valence-corrected chi connectivity index (χ0v) is 9.38. The largest absolute Gasteiger partial charge is 0.326 e. The van der Waals surface area contributed by atoms with Crippen LogP contribution in [0.25, 0.3) is 0 Å². The summed E-state index contributed by atoms with van der Waals surface area (Å²) in [6, 6.07) is 0.465. The molecule has 4 heteroatoms. The fourth-order valence-corrected chi connectivity index (χ4v) is 2.64. The molecule has 0 amide bonds. The summed E-state index contributed by atoms with van der Waals surface area (Å²) in [4.78, 5) is 4.30. The zero-order chi connectivity index (χ0) is 10.3. The highest BCUT2D eigenvalue weighted by atomic mass is 35.5. The number of hydrogen-bond acceptors (Lipinski definition) is 2. The zero-order valence-electron chi connectivity index (χ0n) is 8.63. The van der Waals surface area contributed by atoms with Crippen molar-refractivity contribution < 1.29 is 0 Å². The second-order valence-corrected chi connectivity index (χ2v) is 4.44. The van der Waals surface area contributed by atoms with Gasteiger partial charge in [0.05, 0.1) is 11.7 Å². The first-order chi connectivity index (χ1) is 6.61. The molecule has 14 heavy (non-hydrogen) atoms. The molecule has 1 aliphatic rings. The van der Waals surface area contributed by atoms with Crippen LogP contribution < -0.4 is 5.73 Å². The Labute approximate surface area is 89.3 Å². The number of aromatic nitrogens is 2. The molecule has 0 radical (unpaired) electrons. The van der Waals surface area contributed by atoms with Crippen molar-refractivity contribution in [3.63, 3.8) is 0 Å². The van der Waals surface area contributed by atoms with Gasteiger partial charge in [0.2, 0.25) is 5.28 Å². The van der Waals surface area contributed by atoms with E-state index in [0.717, 1.165) is 18.5 Å². The molecule has 2 rings (SSSR count). The van der Waals surface area contributed by atoms with Crippen LogP contribution in [-0.2, 0) is 6.42 Å². The number of fused-ring (bicyclic) bond motifs is 1.